The van der Waals surface area contributed by atoms with Gasteiger partial charge >= 0.3 is 5.97 Å². The van der Waals surface area contributed by atoms with E-state index in [1.54, 1.807) is 0 Å². The third-order valence-corrected chi connectivity index (χ3v) is 16.3. The molecule has 7 nitrogen and oxygen atoms in total. The van der Waals surface area contributed by atoms with Crippen LogP contribution in [0.4, 0.5) is 0 Å². The van der Waals surface area contributed by atoms with Gasteiger partial charge in [-0.05, 0) is 143 Å². The quantitative estimate of drug-likeness (QED) is 0.244. The lowest BCUT2D eigenvalue weighted by Gasteiger charge is -2.71. The first-order valence-electron chi connectivity index (χ1n) is 18.8. The standard InChI is InChI=1S/C40H62N4O3/c1-25(2)28-15-18-38(34(46)42-23-24-44(6)7)20-21-39(41)30(32(28)38)13-14-31-35(39,3)19-22-40-36(31,4)17-16-29(37(40,5)43-40)26-9-11-27(12-10-26)33(45)47-8/h9-12,25,28-32,43H,13-24,41H2,1-8H3,(H,42,46)/t28-,29?,30+,31-,32+,35+,36+,37?,38-,39-,40-/m0/s1. The van der Waals surface area contributed by atoms with E-state index in [2.05, 4.69) is 76.4 Å². The van der Waals surface area contributed by atoms with Gasteiger partial charge < -0.3 is 26.0 Å². The summed E-state index contributed by atoms with van der Waals surface area (Å²) in [7, 11) is 5.59. The van der Waals surface area contributed by atoms with Gasteiger partial charge in [-0.15, -0.1) is 0 Å². The van der Waals surface area contributed by atoms with Crippen molar-refractivity contribution in [3.63, 3.8) is 0 Å². The molecule has 11 atom stereocenters. The second-order valence-corrected chi connectivity index (χ2v) is 18.2. The van der Waals surface area contributed by atoms with Crippen molar-refractivity contribution >= 4 is 11.9 Å². The van der Waals surface area contributed by atoms with Crippen molar-refractivity contribution < 1.29 is 14.3 Å². The molecule has 260 valence electrons. The predicted molar refractivity (Wildman–Crippen MR) is 187 cm³/mol. The van der Waals surface area contributed by atoms with Crippen LogP contribution >= 0.6 is 0 Å². The fourth-order valence-corrected chi connectivity index (χ4v) is 13.8. The van der Waals surface area contributed by atoms with E-state index < -0.39 is 0 Å². The highest BCUT2D eigenvalue weighted by Crippen LogP contribution is 2.78. The highest BCUT2D eigenvalue weighted by atomic mass is 16.5. The lowest BCUT2D eigenvalue weighted by atomic mass is 9.34. The van der Waals surface area contributed by atoms with Gasteiger partial charge in [-0.3, -0.25) is 4.79 Å². The molecule has 1 aromatic carbocycles. The number of esters is 1. The van der Waals surface area contributed by atoms with Crippen LogP contribution in [0.1, 0.15) is 121 Å². The van der Waals surface area contributed by atoms with Crippen molar-refractivity contribution in [2.75, 3.05) is 34.3 Å². The van der Waals surface area contributed by atoms with Crippen molar-refractivity contribution in [1.29, 1.82) is 0 Å². The molecule has 1 aromatic rings. The maximum atomic E-state index is 14.2. The average Bonchev–Trinajstić information content (AvgIpc) is 3.48. The Bertz CT molecular complexity index is 1410. The van der Waals surface area contributed by atoms with E-state index >= 15 is 0 Å². The van der Waals surface area contributed by atoms with Crippen LogP contribution in [0.3, 0.4) is 0 Å². The first-order chi connectivity index (χ1) is 22.1. The molecular weight excluding hydrogens is 584 g/mol. The van der Waals surface area contributed by atoms with E-state index in [4.69, 9.17) is 10.5 Å². The zero-order valence-electron chi connectivity index (χ0n) is 30.5. The van der Waals surface area contributed by atoms with Gasteiger partial charge in [-0.25, -0.2) is 4.79 Å². The first-order valence-corrected chi connectivity index (χ1v) is 18.8. The van der Waals surface area contributed by atoms with Crippen molar-refractivity contribution in [2.45, 2.75) is 121 Å². The van der Waals surface area contributed by atoms with Gasteiger partial charge in [-0.2, -0.15) is 0 Å². The minimum absolute atomic E-state index is 0.0350. The van der Waals surface area contributed by atoms with E-state index in [-0.39, 0.29) is 38.8 Å². The Morgan fingerprint density at radius 3 is 2.34 bits per heavy atom. The fraction of sp³-hybridized carbons (Fsp3) is 0.800. The Morgan fingerprint density at radius 2 is 1.68 bits per heavy atom. The minimum Gasteiger partial charge on any atom is -0.465 e. The third-order valence-electron chi connectivity index (χ3n) is 16.3. The summed E-state index contributed by atoms with van der Waals surface area (Å²) in [6.07, 6.45) is 11.1. The van der Waals surface area contributed by atoms with Gasteiger partial charge in [0, 0.05) is 35.6 Å². The van der Waals surface area contributed by atoms with Crippen LogP contribution < -0.4 is 16.4 Å². The molecule has 1 amide bonds. The van der Waals surface area contributed by atoms with Crippen LogP contribution in [0.2, 0.25) is 0 Å². The van der Waals surface area contributed by atoms with Crippen LogP contribution in [0.5, 0.6) is 0 Å². The topological polar surface area (TPSA) is 107 Å². The molecular formula is C40H62N4O3. The first kappa shape index (κ1) is 33.5. The number of nitrogens with one attached hydrogen (secondary N) is 2. The van der Waals surface area contributed by atoms with Crippen molar-refractivity contribution in [3.05, 3.63) is 35.4 Å². The number of hydrogen-bond acceptors (Lipinski definition) is 6. The van der Waals surface area contributed by atoms with E-state index in [1.807, 2.05) is 12.1 Å². The number of ether oxygens (including phenoxy) is 1. The summed E-state index contributed by atoms with van der Waals surface area (Å²) < 4.78 is 4.96. The summed E-state index contributed by atoms with van der Waals surface area (Å²) in [6, 6.07) is 8.18. The fourth-order valence-electron chi connectivity index (χ4n) is 13.8. The van der Waals surface area contributed by atoms with Gasteiger partial charge in [0.1, 0.15) is 0 Å². The number of nitrogens with two attached hydrogens (primary N) is 1. The molecule has 1 aliphatic heterocycles. The summed E-state index contributed by atoms with van der Waals surface area (Å²) >= 11 is 0. The number of carbonyl (C=O) groups is 2. The number of amides is 1. The lowest BCUT2D eigenvalue weighted by Crippen LogP contribution is -2.75. The number of benzene rings is 1. The second-order valence-electron chi connectivity index (χ2n) is 18.2. The van der Waals surface area contributed by atoms with Crippen molar-refractivity contribution in [2.24, 2.45) is 51.6 Å². The van der Waals surface area contributed by atoms with E-state index in [1.165, 1.54) is 25.5 Å². The van der Waals surface area contributed by atoms with Gasteiger partial charge in [0.05, 0.1) is 18.1 Å². The van der Waals surface area contributed by atoms with Crippen LogP contribution in [0.25, 0.3) is 0 Å². The summed E-state index contributed by atoms with van der Waals surface area (Å²) in [6.45, 7) is 14.0. The smallest absolute Gasteiger partial charge is 0.337 e. The Balaban J connectivity index is 1.18. The predicted octanol–water partition coefficient (Wildman–Crippen LogP) is 6.12. The zero-order chi connectivity index (χ0) is 33.8. The molecule has 1 saturated heterocycles. The van der Waals surface area contributed by atoms with Crippen LogP contribution in [-0.2, 0) is 9.53 Å². The Labute approximate surface area is 283 Å². The molecule has 2 unspecified atom stereocenters. The van der Waals surface area contributed by atoms with E-state index in [0.717, 1.165) is 57.9 Å². The van der Waals surface area contributed by atoms with E-state index in [9.17, 15) is 9.59 Å². The van der Waals surface area contributed by atoms with Crippen molar-refractivity contribution in [3.8, 4) is 0 Å². The normalized spacial score (nSPS) is 46.5. The van der Waals surface area contributed by atoms with Crippen LogP contribution in [0, 0.1) is 45.8 Å². The van der Waals surface area contributed by atoms with Gasteiger partial charge in [-0.1, -0.05) is 39.8 Å². The average molecular weight is 647 g/mol. The minimum atomic E-state index is -0.278. The highest BCUT2D eigenvalue weighted by molar-refractivity contribution is 5.89. The summed E-state index contributed by atoms with van der Waals surface area (Å²) in [5.41, 5.74) is 9.80. The molecule has 0 bridgehead atoms. The molecule has 5 aliphatic carbocycles. The molecule has 4 N–H and O–H groups in total. The van der Waals surface area contributed by atoms with Gasteiger partial charge in [0.25, 0.3) is 0 Å². The second kappa shape index (κ2) is 11.0. The Hall–Kier alpha value is -1.96. The SMILES string of the molecule is COC(=O)c1ccc(C2CC[C@]3(C)[C@H]4CC[C@@H]5[C@H]6[C@H](C(C)C)CC[C@]6(C(=O)NCCN(C)C)CC[C@@]5(N)[C@]4(C)CC[C@]34NC24C)cc1. The summed E-state index contributed by atoms with van der Waals surface area (Å²) in [5, 5.41) is 7.63. The molecule has 1 spiro atoms. The molecule has 1 heterocycles. The number of fused-ring (bicyclic) bond motifs is 6. The van der Waals surface area contributed by atoms with Crippen molar-refractivity contribution in [1.82, 2.24) is 15.5 Å². The number of rotatable bonds is 7. The number of nitrogens with zero attached hydrogens (tertiary/aromatic N) is 1. The number of carbonyl (C=O) groups excluding carboxylic acids is 2. The Morgan fingerprint density at radius 1 is 0.957 bits per heavy atom. The molecule has 7 rings (SSSR count). The molecule has 0 radical (unpaired) electrons. The number of likely N-dealkylation sites (N-methyl/N-ethyl adjacent to an activating group) is 1. The maximum Gasteiger partial charge on any atom is 0.337 e. The van der Waals surface area contributed by atoms with Crippen LogP contribution in [0.15, 0.2) is 24.3 Å². The van der Waals surface area contributed by atoms with Crippen LogP contribution in [-0.4, -0.2) is 67.7 Å². The number of hydrogen-bond donors (Lipinski definition) is 3. The lowest BCUT2D eigenvalue weighted by molar-refractivity contribution is -0.189. The molecule has 5 saturated carbocycles. The maximum absolute atomic E-state index is 14.2. The largest absolute Gasteiger partial charge is 0.465 e. The number of methoxy groups -OCH3 is 1. The monoisotopic (exact) mass is 646 g/mol. The highest BCUT2D eigenvalue weighted by Gasteiger charge is 2.82. The Kier molecular flexibility index (Phi) is 7.86. The third kappa shape index (κ3) is 4.33. The summed E-state index contributed by atoms with van der Waals surface area (Å²) in [5.74, 6) is 2.90. The van der Waals surface area contributed by atoms with Gasteiger partial charge in [0.15, 0.2) is 0 Å². The molecule has 47 heavy (non-hydrogen) atoms. The molecule has 6 fully saturated rings. The molecule has 6 aliphatic rings. The van der Waals surface area contributed by atoms with Gasteiger partial charge in [0.2, 0.25) is 5.91 Å². The summed E-state index contributed by atoms with van der Waals surface area (Å²) in [4.78, 5) is 28.5. The molecule has 7 heteroatoms. The molecule has 0 aromatic heterocycles. The zero-order valence-corrected chi connectivity index (χ0v) is 30.5. The van der Waals surface area contributed by atoms with E-state index in [0.29, 0.717) is 53.5 Å².